The zero-order valence-corrected chi connectivity index (χ0v) is 12.0. The molecule has 0 fully saturated rings. The largest absolute Gasteiger partial charge is 0.380 e. The van der Waals surface area contributed by atoms with Gasteiger partial charge in [0.1, 0.15) is 11.3 Å². The highest BCUT2D eigenvalue weighted by atomic mass is 79.9. The van der Waals surface area contributed by atoms with Crippen molar-refractivity contribution in [2.75, 3.05) is 7.11 Å². The number of ether oxygens (including phenoxy) is 1. The van der Waals surface area contributed by atoms with Crippen molar-refractivity contribution in [2.24, 2.45) is 0 Å². The van der Waals surface area contributed by atoms with Gasteiger partial charge in [-0.25, -0.2) is 9.97 Å². The minimum absolute atomic E-state index is 0.0970. The number of imidazole rings is 1. The van der Waals surface area contributed by atoms with Gasteiger partial charge in [-0.15, -0.1) is 11.6 Å². The van der Waals surface area contributed by atoms with Gasteiger partial charge in [0.05, 0.1) is 18.5 Å². The van der Waals surface area contributed by atoms with E-state index in [1.54, 1.807) is 13.3 Å². The molecular formula is C11H13BrClN3O. The normalized spacial score (nSPS) is 13.2. The number of fused-ring (bicyclic) bond motifs is 1. The Morgan fingerprint density at radius 1 is 1.59 bits per heavy atom. The van der Waals surface area contributed by atoms with Crippen LogP contribution < -0.4 is 0 Å². The standard InChI is InChI=1S/C11H13BrClN3O/c1-7(17-2)6-16-10(4-13)15-9-3-8(12)5-14-11(9)16/h3,5,7H,4,6H2,1-2H3. The summed E-state index contributed by atoms with van der Waals surface area (Å²) in [6.45, 7) is 2.70. The lowest BCUT2D eigenvalue weighted by Gasteiger charge is -2.12. The first-order chi connectivity index (χ1) is 8.15. The van der Waals surface area contributed by atoms with Crippen molar-refractivity contribution in [2.45, 2.75) is 25.5 Å². The van der Waals surface area contributed by atoms with Crippen LogP contribution in [0.3, 0.4) is 0 Å². The Morgan fingerprint density at radius 2 is 2.35 bits per heavy atom. The molecule has 4 nitrogen and oxygen atoms in total. The summed E-state index contributed by atoms with van der Waals surface area (Å²) in [6, 6.07) is 1.94. The van der Waals surface area contributed by atoms with Gasteiger partial charge in [-0.05, 0) is 28.9 Å². The molecule has 2 aromatic heterocycles. The van der Waals surface area contributed by atoms with E-state index in [1.807, 2.05) is 17.6 Å². The van der Waals surface area contributed by atoms with Crippen LogP contribution in [0.4, 0.5) is 0 Å². The lowest BCUT2D eigenvalue weighted by atomic mass is 10.4. The fourth-order valence-corrected chi connectivity index (χ4v) is 2.18. The number of methoxy groups -OCH3 is 1. The van der Waals surface area contributed by atoms with Gasteiger partial charge in [-0.2, -0.15) is 0 Å². The second-order valence-corrected chi connectivity index (χ2v) is 5.00. The summed E-state index contributed by atoms with van der Waals surface area (Å²) in [7, 11) is 1.69. The van der Waals surface area contributed by atoms with Crippen molar-refractivity contribution in [3.05, 3.63) is 22.6 Å². The molecule has 0 spiro atoms. The van der Waals surface area contributed by atoms with E-state index < -0.39 is 0 Å². The van der Waals surface area contributed by atoms with E-state index in [2.05, 4.69) is 25.9 Å². The van der Waals surface area contributed by atoms with Crippen LogP contribution in [0.1, 0.15) is 12.7 Å². The number of hydrogen-bond acceptors (Lipinski definition) is 3. The predicted octanol–water partition coefficient (Wildman–Crippen LogP) is 2.97. The molecule has 17 heavy (non-hydrogen) atoms. The molecule has 0 aliphatic heterocycles. The van der Waals surface area contributed by atoms with Crippen LogP contribution >= 0.6 is 27.5 Å². The molecule has 0 N–H and O–H groups in total. The second kappa shape index (κ2) is 5.33. The molecule has 0 saturated heterocycles. The number of aromatic nitrogens is 3. The fraction of sp³-hybridized carbons (Fsp3) is 0.455. The average molecular weight is 319 g/mol. The third kappa shape index (κ3) is 2.61. The Balaban J connectivity index is 2.50. The molecule has 0 radical (unpaired) electrons. The summed E-state index contributed by atoms with van der Waals surface area (Å²) >= 11 is 9.29. The lowest BCUT2D eigenvalue weighted by Crippen LogP contribution is -2.16. The molecule has 1 unspecified atom stereocenters. The fourth-order valence-electron chi connectivity index (χ4n) is 1.66. The van der Waals surface area contributed by atoms with Crippen molar-refractivity contribution >= 4 is 38.7 Å². The maximum absolute atomic E-state index is 5.91. The van der Waals surface area contributed by atoms with Gasteiger partial charge in [0.25, 0.3) is 0 Å². The highest BCUT2D eigenvalue weighted by molar-refractivity contribution is 9.10. The molecule has 0 amide bonds. The molecular weight excluding hydrogens is 305 g/mol. The lowest BCUT2D eigenvalue weighted by molar-refractivity contribution is 0.103. The Kier molecular flexibility index (Phi) is 4.01. The van der Waals surface area contributed by atoms with E-state index in [0.717, 1.165) is 21.5 Å². The summed E-state index contributed by atoms with van der Waals surface area (Å²) in [5.74, 6) is 1.18. The van der Waals surface area contributed by atoms with E-state index in [9.17, 15) is 0 Å². The van der Waals surface area contributed by atoms with Crippen molar-refractivity contribution in [1.82, 2.24) is 14.5 Å². The monoisotopic (exact) mass is 317 g/mol. The van der Waals surface area contributed by atoms with Gasteiger partial charge >= 0.3 is 0 Å². The van der Waals surface area contributed by atoms with Crippen molar-refractivity contribution < 1.29 is 4.74 Å². The molecule has 0 aliphatic carbocycles. The van der Waals surface area contributed by atoms with Gasteiger partial charge in [0.2, 0.25) is 0 Å². The van der Waals surface area contributed by atoms with Crippen molar-refractivity contribution in [3.63, 3.8) is 0 Å². The highest BCUT2D eigenvalue weighted by Gasteiger charge is 2.13. The molecule has 2 rings (SSSR count). The summed E-state index contributed by atoms with van der Waals surface area (Å²) in [4.78, 5) is 8.84. The number of nitrogens with zero attached hydrogens (tertiary/aromatic N) is 3. The van der Waals surface area contributed by atoms with Crippen LogP contribution in [-0.4, -0.2) is 27.7 Å². The summed E-state index contributed by atoms with van der Waals surface area (Å²) in [5, 5.41) is 0. The molecule has 6 heteroatoms. The number of rotatable bonds is 4. The Bertz CT molecular complexity index is 529. The molecule has 0 aliphatic rings. The Morgan fingerprint density at radius 3 is 3.00 bits per heavy atom. The zero-order chi connectivity index (χ0) is 12.4. The van der Waals surface area contributed by atoms with E-state index in [-0.39, 0.29) is 6.10 Å². The Labute approximate surface area is 113 Å². The van der Waals surface area contributed by atoms with Crippen LogP contribution in [0.25, 0.3) is 11.2 Å². The van der Waals surface area contributed by atoms with E-state index in [1.165, 1.54) is 0 Å². The maximum Gasteiger partial charge on any atom is 0.160 e. The SMILES string of the molecule is COC(C)Cn1c(CCl)nc2cc(Br)cnc21. The number of hydrogen-bond donors (Lipinski definition) is 0. The molecule has 2 aromatic rings. The Hall–Kier alpha value is -0.650. The summed E-state index contributed by atoms with van der Waals surface area (Å²) < 4.78 is 8.18. The first-order valence-electron chi connectivity index (χ1n) is 5.25. The van der Waals surface area contributed by atoms with Gasteiger partial charge in [0.15, 0.2) is 5.65 Å². The summed E-state index contributed by atoms with van der Waals surface area (Å²) in [5.41, 5.74) is 1.69. The number of halogens is 2. The molecule has 92 valence electrons. The summed E-state index contributed by atoms with van der Waals surface area (Å²) in [6.07, 6.45) is 1.86. The maximum atomic E-state index is 5.91. The van der Waals surface area contributed by atoms with Gasteiger partial charge in [0, 0.05) is 17.8 Å². The molecule has 2 heterocycles. The minimum atomic E-state index is 0.0970. The van der Waals surface area contributed by atoms with Gasteiger partial charge < -0.3 is 9.30 Å². The van der Waals surface area contributed by atoms with E-state index in [4.69, 9.17) is 16.3 Å². The van der Waals surface area contributed by atoms with Crippen molar-refractivity contribution in [1.29, 1.82) is 0 Å². The molecule has 0 aromatic carbocycles. The van der Waals surface area contributed by atoms with Gasteiger partial charge in [-0.1, -0.05) is 0 Å². The third-order valence-corrected chi connectivity index (χ3v) is 3.26. The molecule has 0 saturated carbocycles. The third-order valence-electron chi connectivity index (χ3n) is 2.59. The highest BCUT2D eigenvalue weighted by Crippen LogP contribution is 2.20. The van der Waals surface area contributed by atoms with E-state index >= 15 is 0 Å². The zero-order valence-electron chi connectivity index (χ0n) is 9.65. The van der Waals surface area contributed by atoms with Crippen LogP contribution in [0.5, 0.6) is 0 Å². The quantitative estimate of drug-likeness (QED) is 0.814. The molecule has 0 bridgehead atoms. The molecule has 1 atom stereocenters. The minimum Gasteiger partial charge on any atom is -0.380 e. The van der Waals surface area contributed by atoms with Gasteiger partial charge in [-0.3, -0.25) is 0 Å². The average Bonchev–Trinajstić information content (AvgIpc) is 2.66. The van der Waals surface area contributed by atoms with Crippen molar-refractivity contribution in [3.8, 4) is 0 Å². The van der Waals surface area contributed by atoms with Crippen LogP contribution in [0.2, 0.25) is 0 Å². The van der Waals surface area contributed by atoms with Crippen LogP contribution in [-0.2, 0) is 17.2 Å². The second-order valence-electron chi connectivity index (χ2n) is 3.81. The smallest absolute Gasteiger partial charge is 0.160 e. The topological polar surface area (TPSA) is 39.9 Å². The number of pyridine rings is 1. The first kappa shape index (κ1) is 12.8. The van der Waals surface area contributed by atoms with Crippen LogP contribution in [0.15, 0.2) is 16.7 Å². The number of alkyl halides is 1. The first-order valence-corrected chi connectivity index (χ1v) is 6.58. The van der Waals surface area contributed by atoms with E-state index in [0.29, 0.717) is 12.4 Å². The van der Waals surface area contributed by atoms with Crippen LogP contribution in [0, 0.1) is 0 Å². The predicted molar refractivity (Wildman–Crippen MR) is 71.3 cm³/mol.